The van der Waals surface area contributed by atoms with Gasteiger partial charge in [0.2, 0.25) is 6.79 Å². The number of nitrogens with zero attached hydrogens (tertiary/aromatic N) is 3. The van der Waals surface area contributed by atoms with E-state index in [9.17, 15) is 37.9 Å². The maximum Gasteiger partial charge on any atom is 0.491 e. The first-order chi connectivity index (χ1) is 29.1. The van der Waals surface area contributed by atoms with Crippen LogP contribution in [0.3, 0.4) is 0 Å². The number of ether oxygens (including phenoxy) is 7. The fraction of sp³-hybridized carbons (Fsp3) is 0.476. The number of fused-ring (bicyclic) bond motifs is 9. The number of nitrogens with one attached hydrogen (secondary N) is 1. The highest BCUT2D eigenvalue weighted by Gasteiger charge is 2.62. The highest BCUT2D eigenvalue weighted by atomic mass is 32.2. The number of alkyl halides is 3. The Hall–Kier alpha value is -5.42. The third-order valence-electron chi connectivity index (χ3n) is 12.9. The number of hydrogen-bond acceptors (Lipinski definition) is 16. The first-order valence-electron chi connectivity index (χ1n) is 19.5. The van der Waals surface area contributed by atoms with Crippen molar-refractivity contribution >= 4 is 29.7 Å². The molecule has 7 aliphatic rings. The van der Waals surface area contributed by atoms with Gasteiger partial charge >= 0.3 is 24.1 Å². The number of nitriles is 1. The van der Waals surface area contributed by atoms with Crippen LogP contribution < -0.4 is 33.7 Å². The lowest BCUT2D eigenvalue weighted by Gasteiger charge is -2.62. The number of carbonyl (C=O) groups excluding carboxylic acids is 3. The van der Waals surface area contributed by atoms with Gasteiger partial charge in [-0.25, -0.2) is 9.59 Å². The Bertz CT molecular complexity index is 2460. The van der Waals surface area contributed by atoms with Gasteiger partial charge in [-0.05, 0) is 68.1 Å². The van der Waals surface area contributed by atoms with Crippen molar-refractivity contribution in [3.8, 4) is 46.3 Å². The van der Waals surface area contributed by atoms with E-state index in [4.69, 9.17) is 33.2 Å². The Morgan fingerprint density at radius 2 is 1.77 bits per heavy atom. The van der Waals surface area contributed by atoms with Crippen LogP contribution in [0, 0.1) is 25.2 Å². The van der Waals surface area contributed by atoms with Crippen molar-refractivity contribution in [2.24, 2.45) is 0 Å². The van der Waals surface area contributed by atoms with Gasteiger partial charge in [0, 0.05) is 53.6 Å². The van der Waals surface area contributed by atoms with E-state index < -0.39 is 64.8 Å². The molecule has 3 aromatic carbocycles. The summed E-state index contributed by atoms with van der Waals surface area (Å²) >= 11 is 1.32. The van der Waals surface area contributed by atoms with Crippen LogP contribution in [0.15, 0.2) is 18.2 Å². The molecule has 2 unspecified atom stereocenters. The first kappa shape index (κ1) is 41.0. The number of aryl methyl sites for hydroxylation is 1. The molecule has 0 aromatic heterocycles. The lowest BCUT2D eigenvalue weighted by Crippen LogP contribution is -2.69. The highest BCUT2D eigenvalue weighted by Crippen LogP contribution is 2.64. The summed E-state index contributed by atoms with van der Waals surface area (Å²) in [5.41, 5.74) is 2.91. The van der Waals surface area contributed by atoms with E-state index in [1.54, 1.807) is 6.92 Å². The zero-order valence-electron chi connectivity index (χ0n) is 33.9. The first-order valence-corrected chi connectivity index (χ1v) is 20.6. The van der Waals surface area contributed by atoms with E-state index in [1.807, 2.05) is 20.0 Å². The Balaban J connectivity index is 1.29. The minimum Gasteiger partial charge on any atom is -0.504 e. The number of aromatic hydroxyl groups is 1. The fourth-order valence-corrected chi connectivity index (χ4v) is 12.1. The van der Waals surface area contributed by atoms with Crippen LogP contribution in [-0.2, 0) is 37.5 Å². The zero-order valence-corrected chi connectivity index (χ0v) is 34.7. The van der Waals surface area contributed by atoms with Crippen molar-refractivity contribution in [1.29, 1.82) is 5.26 Å². The van der Waals surface area contributed by atoms with Gasteiger partial charge in [-0.2, -0.15) is 18.4 Å². The summed E-state index contributed by atoms with van der Waals surface area (Å²) in [7, 11) is 4.60. The average Bonchev–Trinajstić information content (AvgIpc) is 3.70. The highest BCUT2D eigenvalue weighted by molar-refractivity contribution is 7.99. The molecule has 61 heavy (non-hydrogen) atoms. The van der Waals surface area contributed by atoms with E-state index in [0.29, 0.717) is 57.1 Å². The summed E-state index contributed by atoms with van der Waals surface area (Å²) in [5.74, 6) is -3.27. The molecule has 0 saturated carbocycles. The molecule has 0 radical (unpaired) electrons. The number of hydrogen-bond donors (Lipinski definition) is 2. The maximum absolute atomic E-state index is 14.9. The second-order valence-electron chi connectivity index (χ2n) is 16.0. The number of phenolic OH excluding ortho intramolecular Hbond substituents is 1. The molecule has 322 valence electrons. The van der Waals surface area contributed by atoms with Crippen LogP contribution in [0.2, 0.25) is 0 Å². The van der Waals surface area contributed by atoms with E-state index >= 15 is 0 Å². The molecule has 3 aromatic rings. The number of methoxy groups -OCH3 is 2. The van der Waals surface area contributed by atoms with E-state index in [1.165, 1.54) is 45.0 Å². The second-order valence-corrected chi connectivity index (χ2v) is 17.1. The van der Waals surface area contributed by atoms with E-state index in [-0.39, 0.29) is 55.4 Å². The van der Waals surface area contributed by atoms with Crippen LogP contribution in [0.5, 0.6) is 40.2 Å². The quantitative estimate of drug-likeness (QED) is 0.271. The summed E-state index contributed by atoms with van der Waals surface area (Å²) in [6, 6.07) is 3.89. The number of phenols is 1. The molecule has 7 aliphatic heterocycles. The van der Waals surface area contributed by atoms with Gasteiger partial charge in [0.05, 0.1) is 37.6 Å². The van der Waals surface area contributed by atoms with Gasteiger partial charge in [-0.15, -0.1) is 11.8 Å². The van der Waals surface area contributed by atoms with E-state index in [2.05, 4.69) is 21.2 Å². The lowest BCUT2D eigenvalue weighted by atomic mass is 9.71. The molecule has 0 amide bonds. The van der Waals surface area contributed by atoms with Gasteiger partial charge < -0.3 is 38.3 Å². The number of thioether (sulfide) groups is 1. The summed E-state index contributed by atoms with van der Waals surface area (Å²) in [4.78, 5) is 44.0. The van der Waals surface area contributed by atoms with Crippen LogP contribution >= 0.6 is 11.8 Å². The molecule has 7 atom stereocenters. The molecule has 2 saturated heterocycles. The predicted octanol–water partition coefficient (Wildman–Crippen LogP) is 4.75. The van der Waals surface area contributed by atoms with E-state index in [0.717, 1.165) is 11.1 Å². The predicted molar refractivity (Wildman–Crippen MR) is 208 cm³/mol. The lowest BCUT2D eigenvalue weighted by molar-refractivity contribution is -0.189. The van der Waals surface area contributed by atoms with Crippen molar-refractivity contribution in [2.75, 3.05) is 47.0 Å². The zero-order chi connectivity index (χ0) is 43.4. The van der Waals surface area contributed by atoms with Crippen molar-refractivity contribution in [1.82, 2.24) is 15.1 Å². The summed E-state index contributed by atoms with van der Waals surface area (Å²) in [6.45, 7) is 4.61. The number of likely N-dealkylation sites (N-methyl/N-ethyl adjacent to an activating group) is 1. The van der Waals surface area contributed by atoms with Crippen LogP contribution in [0.25, 0.3) is 0 Å². The third kappa shape index (κ3) is 6.00. The molecule has 0 aliphatic carbocycles. The molecule has 2 fully saturated rings. The number of carbonyl (C=O) groups is 3. The number of rotatable bonds is 4. The summed E-state index contributed by atoms with van der Waals surface area (Å²) < 4.78 is 80.5. The van der Waals surface area contributed by atoms with Gasteiger partial charge in [0.15, 0.2) is 40.0 Å². The minimum absolute atomic E-state index is 0.0386. The molecule has 2 N–H and O–H groups in total. The maximum atomic E-state index is 14.9. The number of halogens is 3. The summed E-state index contributed by atoms with van der Waals surface area (Å²) in [5, 5.41) is 25.9. The monoisotopic (exact) mass is 866 g/mol. The van der Waals surface area contributed by atoms with Gasteiger partial charge in [0.1, 0.15) is 18.4 Å². The molecule has 4 bridgehead atoms. The number of benzene rings is 3. The molecule has 15 nitrogen and oxygen atoms in total. The van der Waals surface area contributed by atoms with Crippen LogP contribution in [-0.4, -0.2) is 104 Å². The van der Waals surface area contributed by atoms with Crippen molar-refractivity contribution in [3.05, 3.63) is 62.7 Å². The van der Waals surface area contributed by atoms with Gasteiger partial charge in [-0.3, -0.25) is 19.9 Å². The Kier molecular flexibility index (Phi) is 9.81. The Morgan fingerprint density at radius 3 is 2.46 bits per heavy atom. The summed E-state index contributed by atoms with van der Waals surface area (Å²) in [6.07, 6.45) is -4.62. The number of esters is 3. The largest absolute Gasteiger partial charge is 0.504 e. The third-order valence-corrected chi connectivity index (χ3v) is 14.3. The molecule has 19 heteroatoms. The second kappa shape index (κ2) is 14.6. The van der Waals surface area contributed by atoms with Crippen LogP contribution in [0.1, 0.15) is 68.8 Å². The molecule has 1 spiro atoms. The van der Waals surface area contributed by atoms with Crippen LogP contribution in [0.4, 0.5) is 13.2 Å². The van der Waals surface area contributed by atoms with Crippen molar-refractivity contribution in [3.63, 3.8) is 0 Å². The van der Waals surface area contributed by atoms with Crippen molar-refractivity contribution < 1.29 is 65.8 Å². The Morgan fingerprint density at radius 1 is 1.02 bits per heavy atom. The normalized spacial score (nSPS) is 27.4. The smallest absolute Gasteiger partial charge is 0.491 e. The standard InChI is InChI=1S/C42H41F3N4O11S/c1-17-9-21-10-23-24(13-46)49-25-14-56-39(52)41(22-12-26(54-5)27(11-20(22)7-8-47-41)60-40(53)42(43,44)45)15-61-38(32(49)31(48(23)4)28(21)33(51)34(17)55-6)30-29(25)37-36(57-16-58-37)18(2)35(30)59-19(3)50/h9,11-12,23-25,31-32,38,47,51H,7-8,10,14-16H2,1-6H3/t23-,24-,25-,31?,32?,38+,41+/m0/s1. The molecular weight excluding hydrogens is 826 g/mol. The minimum atomic E-state index is -5.28. The van der Waals surface area contributed by atoms with Crippen molar-refractivity contribution in [2.45, 2.75) is 80.8 Å². The topological polar surface area (TPSA) is 178 Å². The average molecular weight is 867 g/mol. The molecule has 10 rings (SSSR count). The molecular formula is C42H41F3N4O11S. The molecule has 7 heterocycles. The van der Waals surface area contributed by atoms with Gasteiger partial charge in [0.25, 0.3) is 0 Å². The SMILES string of the molecule is COc1cc2c(cc1OC(=O)C(F)(F)F)CCN[C@]21CS[C@@H]2c3c(OC(C)=O)c(C)c4c(c3[C@H](COC1=O)N1C2C2c3c(cc(C)c(OC)c3O)C[C@@H]([C@@H]1C#N)N2C)OCO4. The number of piperazine rings is 1. The fourth-order valence-electron chi connectivity index (χ4n) is 10.4. The Labute approximate surface area is 351 Å². The van der Waals surface area contributed by atoms with Gasteiger partial charge in [-0.1, -0.05) is 6.07 Å².